The summed E-state index contributed by atoms with van der Waals surface area (Å²) in [5.41, 5.74) is 5.57. The molecule has 3 atom stereocenters. The van der Waals surface area contributed by atoms with Crippen LogP contribution in [0.1, 0.15) is 105 Å². The maximum absolute atomic E-state index is 5.91. The summed E-state index contributed by atoms with van der Waals surface area (Å²) in [6.07, 6.45) is 16.0. The lowest BCUT2D eigenvalue weighted by Gasteiger charge is -2.22. The van der Waals surface area contributed by atoms with Crippen molar-refractivity contribution >= 4 is 0 Å². The fourth-order valence-corrected chi connectivity index (χ4v) is 3.83. The van der Waals surface area contributed by atoms with Crippen molar-refractivity contribution in [3.63, 3.8) is 0 Å². The molecule has 24 heavy (non-hydrogen) atoms. The second-order valence-electron chi connectivity index (χ2n) is 7.72. The van der Waals surface area contributed by atoms with E-state index in [0.717, 1.165) is 43.9 Å². The van der Waals surface area contributed by atoms with Gasteiger partial charge in [-0.25, -0.2) is 0 Å². The molecule has 0 aliphatic carbocycles. The molecule has 2 N–H and O–H groups in total. The third-order valence-electron chi connectivity index (χ3n) is 5.60. The van der Waals surface area contributed by atoms with Crippen molar-refractivity contribution in [2.45, 2.75) is 105 Å². The Morgan fingerprint density at radius 2 is 1.21 bits per heavy atom. The first-order valence-corrected chi connectivity index (χ1v) is 11.0. The Labute approximate surface area is 153 Å². The van der Waals surface area contributed by atoms with E-state index in [4.69, 9.17) is 10.5 Å². The lowest BCUT2D eigenvalue weighted by Crippen LogP contribution is -2.14. The number of rotatable bonds is 18. The van der Waals surface area contributed by atoms with Crippen molar-refractivity contribution < 1.29 is 4.74 Å². The molecular weight excluding hydrogens is 294 g/mol. The van der Waals surface area contributed by atoms with Crippen LogP contribution < -0.4 is 5.73 Å². The van der Waals surface area contributed by atoms with E-state index in [-0.39, 0.29) is 0 Å². The zero-order valence-corrected chi connectivity index (χ0v) is 17.3. The molecule has 0 aromatic heterocycles. The molecule has 0 aromatic carbocycles. The summed E-state index contributed by atoms with van der Waals surface area (Å²) < 4.78 is 5.91. The summed E-state index contributed by atoms with van der Waals surface area (Å²) >= 11 is 0. The van der Waals surface area contributed by atoms with Gasteiger partial charge < -0.3 is 10.5 Å². The molecule has 2 nitrogen and oxygen atoms in total. The van der Waals surface area contributed by atoms with Crippen molar-refractivity contribution in [2.24, 2.45) is 23.5 Å². The summed E-state index contributed by atoms with van der Waals surface area (Å²) in [6, 6.07) is 0. The standard InChI is InChI=1S/C22H47NO/c1-5-11-20(7-3)13-9-14-22(19-24-18-10-17-23)16-15-21(8-4)12-6-2/h20-22H,5-19,23H2,1-4H3. The largest absolute Gasteiger partial charge is 0.381 e. The first-order chi connectivity index (χ1) is 11.7. The minimum atomic E-state index is 0.744. The Hall–Kier alpha value is -0.0800. The fraction of sp³-hybridized carbons (Fsp3) is 1.00. The summed E-state index contributed by atoms with van der Waals surface area (Å²) in [4.78, 5) is 0. The zero-order valence-electron chi connectivity index (χ0n) is 17.3. The smallest absolute Gasteiger partial charge is 0.0494 e. The van der Waals surface area contributed by atoms with Crippen LogP contribution in [0, 0.1) is 17.8 Å². The van der Waals surface area contributed by atoms with Crippen LogP contribution in [-0.4, -0.2) is 19.8 Å². The van der Waals surface area contributed by atoms with E-state index >= 15 is 0 Å². The van der Waals surface area contributed by atoms with E-state index in [1.165, 1.54) is 70.6 Å². The van der Waals surface area contributed by atoms with Crippen LogP contribution in [0.25, 0.3) is 0 Å². The highest BCUT2D eigenvalue weighted by atomic mass is 16.5. The van der Waals surface area contributed by atoms with Gasteiger partial charge in [-0.2, -0.15) is 0 Å². The van der Waals surface area contributed by atoms with Gasteiger partial charge in [-0.3, -0.25) is 0 Å². The van der Waals surface area contributed by atoms with Gasteiger partial charge in [0.1, 0.15) is 0 Å². The van der Waals surface area contributed by atoms with Crippen molar-refractivity contribution in [1.29, 1.82) is 0 Å². The number of ether oxygens (including phenoxy) is 1. The van der Waals surface area contributed by atoms with Gasteiger partial charge in [0.15, 0.2) is 0 Å². The van der Waals surface area contributed by atoms with E-state index < -0.39 is 0 Å². The van der Waals surface area contributed by atoms with Crippen molar-refractivity contribution in [3.8, 4) is 0 Å². The van der Waals surface area contributed by atoms with Crippen LogP contribution in [0.15, 0.2) is 0 Å². The lowest BCUT2D eigenvalue weighted by molar-refractivity contribution is 0.0877. The molecule has 3 unspecified atom stereocenters. The minimum Gasteiger partial charge on any atom is -0.381 e. The molecule has 0 rings (SSSR count). The van der Waals surface area contributed by atoms with Gasteiger partial charge in [0.25, 0.3) is 0 Å². The molecule has 0 aliphatic rings. The first-order valence-electron chi connectivity index (χ1n) is 11.0. The third-order valence-corrected chi connectivity index (χ3v) is 5.60. The second-order valence-corrected chi connectivity index (χ2v) is 7.72. The molecular formula is C22H47NO. The van der Waals surface area contributed by atoms with Gasteiger partial charge >= 0.3 is 0 Å². The van der Waals surface area contributed by atoms with Crippen LogP contribution in [0.2, 0.25) is 0 Å². The Morgan fingerprint density at radius 1 is 0.667 bits per heavy atom. The zero-order chi connectivity index (χ0) is 18.0. The third kappa shape index (κ3) is 13.2. The van der Waals surface area contributed by atoms with E-state index in [1.54, 1.807) is 0 Å². The summed E-state index contributed by atoms with van der Waals surface area (Å²) in [7, 11) is 0. The Morgan fingerprint density at radius 3 is 1.75 bits per heavy atom. The van der Waals surface area contributed by atoms with Gasteiger partial charge in [-0.1, -0.05) is 85.5 Å². The minimum absolute atomic E-state index is 0.744. The van der Waals surface area contributed by atoms with Gasteiger partial charge in [0.05, 0.1) is 0 Å². The van der Waals surface area contributed by atoms with E-state index in [9.17, 15) is 0 Å². The highest BCUT2D eigenvalue weighted by molar-refractivity contribution is 4.66. The van der Waals surface area contributed by atoms with E-state index in [1.807, 2.05) is 0 Å². The normalized spacial score (nSPS) is 15.4. The molecule has 146 valence electrons. The Bertz CT molecular complexity index is 244. The fourth-order valence-electron chi connectivity index (χ4n) is 3.83. The van der Waals surface area contributed by atoms with Crippen molar-refractivity contribution in [2.75, 3.05) is 19.8 Å². The van der Waals surface area contributed by atoms with Crippen LogP contribution >= 0.6 is 0 Å². The van der Waals surface area contributed by atoms with Crippen molar-refractivity contribution in [3.05, 3.63) is 0 Å². The number of hydrogen-bond acceptors (Lipinski definition) is 2. The van der Waals surface area contributed by atoms with Crippen molar-refractivity contribution in [1.82, 2.24) is 0 Å². The van der Waals surface area contributed by atoms with Gasteiger partial charge in [0.2, 0.25) is 0 Å². The topological polar surface area (TPSA) is 35.2 Å². The molecule has 0 bridgehead atoms. The Balaban J connectivity index is 4.19. The maximum Gasteiger partial charge on any atom is 0.0494 e. The molecule has 0 amide bonds. The molecule has 0 radical (unpaired) electrons. The first kappa shape index (κ1) is 23.9. The van der Waals surface area contributed by atoms with Gasteiger partial charge in [-0.15, -0.1) is 0 Å². The molecule has 0 fully saturated rings. The van der Waals surface area contributed by atoms with Crippen LogP contribution in [0.5, 0.6) is 0 Å². The van der Waals surface area contributed by atoms with E-state index in [0.29, 0.717) is 0 Å². The predicted molar refractivity (Wildman–Crippen MR) is 108 cm³/mol. The maximum atomic E-state index is 5.91. The monoisotopic (exact) mass is 341 g/mol. The molecule has 0 aliphatic heterocycles. The summed E-state index contributed by atoms with van der Waals surface area (Å²) in [5.74, 6) is 2.62. The number of nitrogens with two attached hydrogens (primary N) is 1. The lowest BCUT2D eigenvalue weighted by atomic mass is 9.87. The highest BCUT2D eigenvalue weighted by Crippen LogP contribution is 2.25. The molecule has 0 saturated heterocycles. The van der Waals surface area contributed by atoms with Crippen LogP contribution in [-0.2, 0) is 4.74 Å². The molecule has 2 heteroatoms. The highest BCUT2D eigenvalue weighted by Gasteiger charge is 2.14. The summed E-state index contributed by atoms with van der Waals surface area (Å²) in [6.45, 7) is 11.9. The average Bonchev–Trinajstić information content (AvgIpc) is 2.60. The Kier molecular flexibility index (Phi) is 17.7. The molecule has 0 saturated carbocycles. The SMILES string of the molecule is CCCC(CC)CCCC(CCC(CC)CCC)COCCCN. The second kappa shape index (κ2) is 17.7. The van der Waals surface area contributed by atoms with Gasteiger partial charge in [-0.05, 0) is 43.6 Å². The molecule has 0 spiro atoms. The summed E-state index contributed by atoms with van der Waals surface area (Å²) in [5, 5.41) is 0. The molecule has 0 aromatic rings. The quantitative estimate of drug-likeness (QED) is 0.286. The molecule has 0 heterocycles. The van der Waals surface area contributed by atoms with Crippen LogP contribution in [0.3, 0.4) is 0 Å². The average molecular weight is 342 g/mol. The predicted octanol–water partition coefficient (Wildman–Crippen LogP) is 6.57. The van der Waals surface area contributed by atoms with E-state index in [2.05, 4.69) is 27.7 Å². The number of hydrogen-bond donors (Lipinski definition) is 1. The van der Waals surface area contributed by atoms with Gasteiger partial charge in [0, 0.05) is 13.2 Å². The van der Waals surface area contributed by atoms with Crippen LogP contribution in [0.4, 0.5) is 0 Å².